The third-order valence-corrected chi connectivity index (χ3v) is 5.80. The number of halogens is 2. The summed E-state index contributed by atoms with van der Waals surface area (Å²) in [6.45, 7) is 2.59. The van der Waals surface area contributed by atoms with Crippen LogP contribution in [0.15, 0.2) is 18.3 Å². The van der Waals surface area contributed by atoms with Crippen molar-refractivity contribution in [2.75, 3.05) is 18.0 Å². The lowest BCUT2D eigenvalue weighted by molar-refractivity contribution is 0.0701. The van der Waals surface area contributed by atoms with Gasteiger partial charge in [0.25, 0.3) is 5.92 Å². The molecule has 24 heavy (non-hydrogen) atoms. The molecule has 4 rings (SSSR count). The standard InChI is InChI=1S/C16H15F2N3O2S/c1-8-9(4-14-19-5-12(24-14)15(22)23)2-3-13(20-8)21-6-10-11(7-21)16(10,17)18/h2-3,5,10-11H,4,6-7H2,1H3,(H,22,23). The van der Waals surface area contributed by atoms with Gasteiger partial charge in [-0.25, -0.2) is 23.5 Å². The van der Waals surface area contributed by atoms with E-state index in [0.29, 0.717) is 24.5 Å². The summed E-state index contributed by atoms with van der Waals surface area (Å²) in [5.41, 5.74) is 1.77. The second kappa shape index (κ2) is 5.20. The van der Waals surface area contributed by atoms with Crippen LogP contribution in [0, 0.1) is 18.8 Å². The minimum atomic E-state index is -2.49. The highest BCUT2D eigenvalue weighted by atomic mass is 32.1. The molecule has 0 amide bonds. The van der Waals surface area contributed by atoms with E-state index in [9.17, 15) is 13.6 Å². The van der Waals surface area contributed by atoms with Crippen molar-refractivity contribution >= 4 is 23.1 Å². The Morgan fingerprint density at radius 1 is 1.42 bits per heavy atom. The van der Waals surface area contributed by atoms with Gasteiger partial charge in [0.05, 0.1) is 23.0 Å². The van der Waals surface area contributed by atoms with Gasteiger partial charge in [0, 0.05) is 25.2 Å². The first-order chi connectivity index (χ1) is 11.4. The van der Waals surface area contributed by atoms with Crippen molar-refractivity contribution in [3.8, 4) is 0 Å². The number of pyridine rings is 1. The van der Waals surface area contributed by atoms with E-state index in [1.54, 1.807) is 0 Å². The van der Waals surface area contributed by atoms with E-state index in [4.69, 9.17) is 5.11 Å². The van der Waals surface area contributed by atoms with Crippen LogP contribution in [0.4, 0.5) is 14.6 Å². The molecule has 2 aromatic heterocycles. The minimum absolute atomic E-state index is 0.212. The largest absolute Gasteiger partial charge is 0.477 e. The minimum Gasteiger partial charge on any atom is -0.477 e. The van der Waals surface area contributed by atoms with Crippen LogP contribution in [0.3, 0.4) is 0 Å². The number of aromatic carboxylic acids is 1. The summed E-state index contributed by atoms with van der Waals surface area (Å²) in [6, 6.07) is 3.76. The molecule has 1 saturated heterocycles. The summed E-state index contributed by atoms with van der Waals surface area (Å²) in [7, 11) is 0. The number of fused-ring (bicyclic) bond motifs is 1. The van der Waals surface area contributed by atoms with Crippen molar-refractivity contribution in [2.24, 2.45) is 11.8 Å². The van der Waals surface area contributed by atoms with Gasteiger partial charge in [0.2, 0.25) is 0 Å². The van der Waals surface area contributed by atoms with E-state index in [1.165, 1.54) is 6.20 Å². The van der Waals surface area contributed by atoms with E-state index >= 15 is 0 Å². The number of carboxylic acids is 1. The van der Waals surface area contributed by atoms with E-state index in [0.717, 1.165) is 28.4 Å². The molecule has 126 valence electrons. The Balaban J connectivity index is 1.47. The molecule has 3 heterocycles. The van der Waals surface area contributed by atoms with Crippen molar-refractivity contribution in [1.29, 1.82) is 0 Å². The zero-order chi connectivity index (χ0) is 17.1. The molecular weight excluding hydrogens is 336 g/mol. The van der Waals surface area contributed by atoms with Crippen molar-refractivity contribution in [3.63, 3.8) is 0 Å². The lowest BCUT2D eigenvalue weighted by Crippen LogP contribution is -2.28. The first-order valence-corrected chi connectivity index (χ1v) is 8.45. The molecule has 1 N–H and O–H groups in total. The molecule has 8 heteroatoms. The Morgan fingerprint density at radius 2 is 2.12 bits per heavy atom. The third-order valence-electron chi connectivity index (χ3n) is 4.81. The SMILES string of the molecule is Cc1nc(N2CC3C(C2)C3(F)F)ccc1Cc1ncc(C(=O)O)s1. The lowest BCUT2D eigenvalue weighted by Gasteiger charge is -2.21. The fourth-order valence-electron chi connectivity index (χ4n) is 3.29. The number of carboxylic acid groups (broad SMARTS) is 1. The topological polar surface area (TPSA) is 66.3 Å². The van der Waals surface area contributed by atoms with Crippen LogP contribution in [-0.4, -0.2) is 40.1 Å². The number of alkyl halides is 2. The van der Waals surface area contributed by atoms with Crippen molar-refractivity contribution in [3.05, 3.63) is 39.5 Å². The van der Waals surface area contributed by atoms with Gasteiger partial charge in [-0.2, -0.15) is 0 Å². The molecular formula is C16H15F2N3O2S. The van der Waals surface area contributed by atoms with E-state index in [1.807, 2.05) is 24.0 Å². The number of anilines is 1. The molecule has 1 aliphatic heterocycles. The van der Waals surface area contributed by atoms with Crippen molar-refractivity contribution in [2.45, 2.75) is 19.3 Å². The molecule has 1 aliphatic carbocycles. The van der Waals surface area contributed by atoms with Gasteiger partial charge in [-0.15, -0.1) is 11.3 Å². The van der Waals surface area contributed by atoms with Gasteiger partial charge < -0.3 is 10.0 Å². The van der Waals surface area contributed by atoms with Gasteiger partial charge >= 0.3 is 5.97 Å². The normalized spacial score (nSPS) is 24.0. The number of piperidine rings is 1. The van der Waals surface area contributed by atoms with Crippen LogP contribution in [-0.2, 0) is 6.42 Å². The van der Waals surface area contributed by atoms with Gasteiger partial charge in [0.15, 0.2) is 0 Å². The zero-order valence-corrected chi connectivity index (χ0v) is 13.7. The summed E-state index contributed by atoms with van der Waals surface area (Å²) in [5, 5.41) is 9.65. The molecule has 0 spiro atoms. The van der Waals surface area contributed by atoms with Crippen LogP contribution >= 0.6 is 11.3 Å². The molecule has 2 unspecified atom stereocenters. The second-order valence-corrected chi connectivity index (χ2v) is 7.42. The summed E-state index contributed by atoms with van der Waals surface area (Å²) >= 11 is 1.15. The summed E-state index contributed by atoms with van der Waals surface area (Å²) in [4.78, 5) is 21.7. The fraction of sp³-hybridized carbons (Fsp3) is 0.438. The Morgan fingerprint density at radius 3 is 2.71 bits per heavy atom. The van der Waals surface area contributed by atoms with E-state index in [2.05, 4.69) is 9.97 Å². The first kappa shape index (κ1) is 15.4. The highest BCUT2D eigenvalue weighted by Crippen LogP contribution is 2.59. The maximum atomic E-state index is 13.3. The predicted molar refractivity (Wildman–Crippen MR) is 85.0 cm³/mol. The predicted octanol–water partition coefficient (Wildman–Crippen LogP) is 2.84. The summed E-state index contributed by atoms with van der Waals surface area (Å²) < 4.78 is 26.6. The Kier molecular flexibility index (Phi) is 3.35. The van der Waals surface area contributed by atoms with Crippen LogP contribution in [0.5, 0.6) is 0 Å². The first-order valence-electron chi connectivity index (χ1n) is 7.63. The van der Waals surface area contributed by atoms with Crippen molar-refractivity contribution in [1.82, 2.24) is 9.97 Å². The molecule has 2 atom stereocenters. The maximum Gasteiger partial charge on any atom is 0.347 e. The third kappa shape index (κ3) is 2.45. The van der Waals surface area contributed by atoms with Crippen LogP contribution in [0.1, 0.15) is 25.9 Å². The Hall–Kier alpha value is -2.09. The molecule has 5 nitrogen and oxygen atoms in total. The van der Waals surface area contributed by atoms with Crippen LogP contribution in [0.25, 0.3) is 0 Å². The Bertz CT molecular complexity index is 809. The average molecular weight is 351 g/mol. The van der Waals surface area contributed by atoms with Crippen molar-refractivity contribution < 1.29 is 18.7 Å². The smallest absolute Gasteiger partial charge is 0.347 e. The molecule has 1 saturated carbocycles. The highest BCUT2D eigenvalue weighted by molar-refractivity contribution is 7.13. The second-order valence-electron chi connectivity index (χ2n) is 6.31. The summed E-state index contributed by atoms with van der Waals surface area (Å²) in [5.74, 6) is -3.79. The highest BCUT2D eigenvalue weighted by Gasteiger charge is 2.71. The number of aryl methyl sites for hydroxylation is 1. The monoisotopic (exact) mass is 351 g/mol. The summed E-state index contributed by atoms with van der Waals surface area (Å²) in [6.07, 6.45) is 1.87. The molecule has 2 aliphatic rings. The number of thiazole rings is 1. The Labute approximate surface area is 141 Å². The van der Waals surface area contributed by atoms with Crippen LogP contribution in [0.2, 0.25) is 0 Å². The number of hydrogen-bond donors (Lipinski definition) is 1. The molecule has 2 fully saturated rings. The average Bonchev–Trinajstić information content (AvgIpc) is 3.00. The molecule has 0 bridgehead atoms. The van der Waals surface area contributed by atoms with Gasteiger partial charge in [0.1, 0.15) is 10.7 Å². The van der Waals surface area contributed by atoms with E-state index in [-0.39, 0.29) is 4.88 Å². The molecule has 2 aromatic rings. The molecule has 0 aromatic carbocycles. The lowest BCUT2D eigenvalue weighted by atomic mass is 10.1. The fourth-order valence-corrected chi connectivity index (χ4v) is 4.07. The maximum absolute atomic E-state index is 13.3. The zero-order valence-electron chi connectivity index (χ0n) is 12.9. The van der Waals surface area contributed by atoms with Gasteiger partial charge in [-0.05, 0) is 18.6 Å². The molecule has 0 radical (unpaired) electrons. The quantitative estimate of drug-likeness (QED) is 0.918. The number of rotatable bonds is 4. The van der Waals surface area contributed by atoms with Gasteiger partial charge in [-0.1, -0.05) is 6.07 Å². The van der Waals surface area contributed by atoms with Gasteiger partial charge in [-0.3, -0.25) is 0 Å². The van der Waals surface area contributed by atoms with E-state index < -0.39 is 23.7 Å². The van der Waals surface area contributed by atoms with Crippen LogP contribution < -0.4 is 4.90 Å². The number of aromatic nitrogens is 2. The number of nitrogens with zero attached hydrogens (tertiary/aromatic N) is 3. The number of carbonyl (C=O) groups is 1. The number of hydrogen-bond acceptors (Lipinski definition) is 5.